The first-order valence-corrected chi connectivity index (χ1v) is 6.29. The topological polar surface area (TPSA) is 20.2 Å². The SMILES string of the molecule is CC(C)CC(O)CCc1cccc(Br)c1. The molecular formula is C13H19BrO. The van der Waals surface area contributed by atoms with E-state index in [4.69, 9.17) is 0 Å². The quantitative estimate of drug-likeness (QED) is 0.863. The van der Waals surface area contributed by atoms with Crippen molar-refractivity contribution < 1.29 is 5.11 Å². The van der Waals surface area contributed by atoms with E-state index in [0.29, 0.717) is 5.92 Å². The van der Waals surface area contributed by atoms with Gasteiger partial charge in [-0.15, -0.1) is 0 Å². The van der Waals surface area contributed by atoms with Gasteiger partial charge in [0.05, 0.1) is 6.10 Å². The minimum Gasteiger partial charge on any atom is -0.393 e. The highest BCUT2D eigenvalue weighted by Gasteiger charge is 2.06. The second-order valence-corrected chi connectivity index (χ2v) is 5.37. The largest absolute Gasteiger partial charge is 0.393 e. The maximum Gasteiger partial charge on any atom is 0.0545 e. The van der Waals surface area contributed by atoms with Gasteiger partial charge in [0.1, 0.15) is 0 Å². The average molecular weight is 271 g/mol. The molecule has 0 aromatic heterocycles. The number of aryl methyl sites for hydroxylation is 1. The molecule has 0 amide bonds. The van der Waals surface area contributed by atoms with Gasteiger partial charge in [-0.3, -0.25) is 0 Å². The number of benzene rings is 1. The van der Waals surface area contributed by atoms with Crippen molar-refractivity contribution in [2.45, 2.75) is 39.2 Å². The highest BCUT2D eigenvalue weighted by Crippen LogP contribution is 2.15. The van der Waals surface area contributed by atoms with Gasteiger partial charge in [0.25, 0.3) is 0 Å². The van der Waals surface area contributed by atoms with Gasteiger partial charge in [0.15, 0.2) is 0 Å². The van der Waals surface area contributed by atoms with Crippen molar-refractivity contribution in [1.82, 2.24) is 0 Å². The summed E-state index contributed by atoms with van der Waals surface area (Å²) in [6, 6.07) is 8.28. The van der Waals surface area contributed by atoms with Crippen molar-refractivity contribution in [3.05, 3.63) is 34.3 Å². The van der Waals surface area contributed by atoms with Crippen LogP contribution in [-0.4, -0.2) is 11.2 Å². The fourth-order valence-corrected chi connectivity index (χ4v) is 2.13. The molecule has 0 aliphatic heterocycles. The summed E-state index contributed by atoms with van der Waals surface area (Å²) in [5.41, 5.74) is 1.28. The van der Waals surface area contributed by atoms with Crippen LogP contribution in [0.25, 0.3) is 0 Å². The summed E-state index contributed by atoms with van der Waals surface area (Å²) in [6.45, 7) is 4.28. The van der Waals surface area contributed by atoms with Crippen molar-refractivity contribution in [1.29, 1.82) is 0 Å². The lowest BCUT2D eigenvalue weighted by Gasteiger charge is -2.12. The molecule has 0 bridgehead atoms. The fourth-order valence-electron chi connectivity index (χ4n) is 1.69. The Kier molecular flexibility index (Phi) is 5.34. The molecular weight excluding hydrogens is 252 g/mol. The molecule has 0 radical (unpaired) electrons. The van der Waals surface area contributed by atoms with Crippen LogP contribution in [0.5, 0.6) is 0 Å². The second-order valence-electron chi connectivity index (χ2n) is 4.45. The highest BCUT2D eigenvalue weighted by molar-refractivity contribution is 9.10. The summed E-state index contributed by atoms with van der Waals surface area (Å²) in [4.78, 5) is 0. The number of halogens is 1. The number of hydrogen-bond acceptors (Lipinski definition) is 1. The molecule has 0 saturated carbocycles. The lowest BCUT2D eigenvalue weighted by molar-refractivity contribution is 0.140. The average Bonchev–Trinajstić information content (AvgIpc) is 2.14. The van der Waals surface area contributed by atoms with Gasteiger partial charge in [0.2, 0.25) is 0 Å². The molecule has 1 aromatic carbocycles. The van der Waals surface area contributed by atoms with Crippen LogP contribution in [0.4, 0.5) is 0 Å². The summed E-state index contributed by atoms with van der Waals surface area (Å²) in [6.07, 6.45) is 2.54. The first-order valence-electron chi connectivity index (χ1n) is 5.50. The lowest BCUT2D eigenvalue weighted by Crippen LogP contribution is -2.11. The summed E-state index contributed by atoms with van der Waals surface area (Å²) in [5, 5.41) is 9.74. The third-order valence-corrected chi connectivity index (χ3v) is 2.89. The molecule has 0 heterocycles. The third-order valence-electron chi connectivity index (χ3n) is 2.40. The fraction of sp³-hybridized carbons (Fsp3) is 0.538. The summed E-state index contributed by atoms with van der Waals surface area (Å²) >= 11 is 3.45. The molecule has 1 atom stereocenters. The standard InChI is InChI=1S/C13H19BrO/c1-10(2)8-13(15)7-6-11-4-3-5-12(14)9-11/h3-5,9-10,13,15H,6-8H2,1-2H3. The predicted molar refractivity (Wildman–Crippen MR) is 67.9 cm³/mol. The summed E-state index contributed by atoms with van der Waals surface area (Å²) in [5.74, 6) is 0.572. The molecule has 2 heteroatoms. The van der Waals surface area contributed by atoms with E-state index in [2.05, 4.69) is 41.9 Å². The van der Waals surface area contributed by atoms with E-state index < -0.39 is 0 Å². The zero-order chi connectivity index (χ0) is 11.3. The Labute approximate surface area is 101 Å². The van der Waals surface area contributed by atoms with E-state index in [0.717, 1.165) is 23.7 Å². The molecule has 1 N–H and O–H groups in total. The Bertz CT molecular complexity index is 296. The molecule has 0 aliphatic carbocycles. The first kappa shape index (κ1) is 12.7. The van der Waals surface area contributed by atoms with Crippen LogP contribution >= 0.6 is 15.9 Å². The Morgan fingerprint density at radius 1 is 1.33 bits per heavy atom. The molecule has 1 nitrogen and oxygen atoms in total. The summed E-state index contributed by atoms with van der Waals surface area (Å²) in [7, 11) is 0. The van der Waals surface area contributed by atoms with E-state index >= 15 is 0 Å². The van der Waals surface area contributed by atoms with Crippen molar-refractivity contribution in [3.63, 3.8) is 0 Å². The van der Waals surface area contributed by atoms with E-state index in [-0.39, 0.29) is 6.10 Å². The van der Waals surface area contributed by atoms with Crippen molar-refractivity contribution in [3.8, 4) is 0 Å². The van der Waals surface area contributed by atoms with Crippen LogP contribution in [0.1, 0.15) is 32.3 Å². The van der Waals surface area contributed by atoms with E-state index in [1.165, 1.54) is 5.56 Å². The zero-order valence-electron chi connectivity index (χ0n) is 9.41. The Hall–Kier alpha value is -0.340. The lowest BCUT2D eigenvalue weighted by atomic mass is 10.00. The van der Waals surface area contributed by atoms with Crippen LogP contribution in [0.15, 0.2) is 28.7 Å². The van der Waals surface area contributed by atoms with Gasteiger partial charge < -0.3 is 5.11 Å². The van der Waals surface area contributed by atoms with Crippen LogP contribution in [-0.2, 0) is 6.42 Å². The molecule has 15 heavy (non-hydrogen) atoms. The highest BCUT2D eigenvalue weighted by atomic mass is 79.9. The summed E-state index contributed by atoms with van der Waals surface area (Å²) < 4.78 is 1.11. The molecule has 0 saturated heterocycles. The van der Waals surface area contributed by atoms with Gasteiger partial charge >= 0.3 is 0 Å². The van der Waals surface area contributed by atoms with E-state index in [9.17, 15) is 5.11 Å². The molecule has 0 aliphatic rings. The second kappa shape index (κ2) is 6.29. The molecule has 1 aromatic rings. The Morgan fingerprint density at radius 2 is 2.07 bits per heavy atom. The number of rotatable bonds is 5. The minimum absolute atomic E-state index is 0.163. The maximum atomic E-state index is 9.74. The smallest absolute Gasteiger partial charge is 0.0545 e. The normalized spacial score (nSPS) is 13.1. The molecule has 1 rings (SSSR count). The Balaban J connectivity index is 2.36. The van der Waals surface area contributed by atoms with Crippen LogP contribution in [0, 0.1) is 5.92 Å². The van der Waals surface area contributed by atoms with Gasteiger partial charge in [-0.25, -0.2) is 0 Å². The van der Waals surface area contributed by atoms with E-state index in [1.54, 1.807) is 0 Å². The van der Waals surface area contributed by atoms with Crippen molar-refractivity contribution in [2.24, 2.45) is 5.92 Å². The molecule has 1 unspecified atom stereocenters. The van der Waals surface area contributed by atoms with Crippen molar-refractivity contribution >= 4 is 15.9 Å². The van der Waals surface area contributed by atoms with Gasteiger partial charge in [-0.1, -0.05) is 41.9 Å². The maximum absolute atomic E-state index is 9.74. The van der Waals surface area contributed by atoms with Crippen LogP contribution in [0.3, 0.4) is 0 Å². The zero-order valence-corrected chi connectivity index (χ0v) is 11.0. The number of hydrogen-bond donors (Lipinski definition) is 1. The molecule has 0 fully saturated rings. The van der Waals surface area contributed by atoms with Crippen molar-refractivity contribution in [2.75, 3.05) is 0 Å². The van der Waals surface area contributed by atoms with Gasteiger partial charge in [-0.05, 0) is 42.9 Å². The molecule has 84 valence electrons. The van der Waals surface area contributed by atoms with Gasteiger partial charge in [-0.2, -0.15) is 0 Å². The number of aliphatic hydroxyl groups is 1. The first-order chi connectivity index (χ1) is 7.08. The predicted octanol–water partition coefficient (Wildman–Crippen LogP) is 3.79. The van der Waals surface area contributed by atoms with Crippen LogP contribution < -0.4 is 0 Å². The number of aliphatic hydroxyl groups excluding tert-OH is 1. The van der Waals surface area contributed by atoms with E-state index in [1.807, 2.05) is 12.1 Å². The monoisotopic (exact) mass is 270 g/mol. The molecule has 0 spiro atoms. The Morgan fingerprint density at radius 3 is 2.67 bits per heavy atom. The third kappa shape index (κ3) is 5.33. The minimum atomic E-state index is -0.163. The van der Waals surface area contributed by atoms with Gasteiger partial charge in [0, 0.05) is 4.47 Å². The van der Waals surface area contributed by atoms with Crippen LogP contribution in [0.2, 0.25) is 0 Å².